The van der Waals surface area contributed by atoms with E-state index in [0.29, 0.717) is 26.1 Å². The summed E-state index contributed by atoms with van der Waals surface area (Å²) < 4.78 is 4.99. The van der Waals surface area contributed by atoms with Gasteiger partial charge in [-0.1, -0.05) is 18.2 Å². The van der Waals surface area contributed by atoms with Crippen molar-refractivity contribution in [2.24, 2.45) is 0 Å². The minimum atomic E-state index is -0.294. The third-order valence-corrected chi connectivity index (χ3v) is 4.41. The molecule has 0 bridgehead atoms. The van der Waals surface area contributed by atoms with E-state index in [4.69, 9.17) is 4.74 Å². The first kappa shape index (κ1) is 15.6. The Hall–Kier alpha value is -2.24. The number of anilines is 1. The topological polar surface area (TPSA) is 53.1 Å². The molecule has 124 valence electrons. The van der Waals surface area contributed by atoms with Crippen molar-refractivity contribution >= 4 is 17.7 Å². The molecule has 1 aromatic carbocycles. The fourth-order valence-corrected chi connectivity index (χ4v) is 3.04. The van der Waals surface area contributed by atoms with Gasteiger partial charge in [0.25, 0.3) is 0 Å². The average Bonchev–Trinajstić information content (AvgIpc) is 2.62. The van der Waals surface area contributed by atoms with Gasteiger partial charge in [0.15, 0.2) is 0 Å². The van der Waals surface area contributed by atoms with Crippen LogP contribution in [0.2, 0.25) is 0 Å². The fourth-order valence-electron chi connectivity index (χ4n) is 3.04. The van der Waals surface area contributed by atoms with E-state index < -0.39 is 0 Å². The van der Waals surface area contributed by atoms with E-state index in [-0.39, 0.29) is 12.0 Å². The van der Waals surface area contributed by atoms with Crippen molar-refractivity contribution in [3.05, 3.63) is 30.3 Å². The van der Waals surface area contributed by atoms with Crippen LogP contribution in [0.1, 0.15) is 12.8 Å². The molecule has 3 rings (SSSR count). The Labute approximate surface area is 136 Å². The van der Waals surface area contributed by atoms with Crippen molar-refractivity contribution in [1.29, 1.82) is 0 Å². The summed E-state index contributed by atoms with van der Waals surface area (Å²) >= 11 is 0. The Morgan fingerprint density at radius 3 is 2.48 bits per heavy atom. The molecule has 0 N–H and O–H groups in total. The summed E-state index contributed by atoms with van der Waals surface area (Å²) in [6.07, 6.45) is 0.925. The second-order valence-corrected chi connectivity index (χ2v) is 5.91. The Kier molecular flexibility index (Phi) is 5.00. The third kappa shape index (κ3) is 3.94. The Morgan fingerprint density at radius 1 is 1.04 bits per heavy atom. The molecule has 2 amide bonds. The van der Waals surface area contributed by atoms with E-state index in [0.717, 1.165) is 32.6 Å². The quantitative estimate of drug-likeness (QED) is 0.846. The number of hydrogen-bond acceptors (Lipinski definition) is 4. The van der Waals surface area contributed by atoms with Gasteiger partial charge in [-0.25, -0.2) is 4.79 Å². The molecule has 0 radical (unpaired) electrons. The number of ether oxygens (including phenoxy) is 1. The summed E-state index contributed by atoms with van der Waals surface area (Å²) in [4.78, 5) is 29.7. The molecule has 1 aromatic rings. The minimum Gasteiger partial charge on any atom is -0.449 e. The molecule has 0 aromatic heterocycles. The lowest BCUT2D eigenvalue weighted by molar-refractivity contribution is -0.131. The number of carbonyl (C=O) groups is 2. The van der Waals surface area contributed by atoms with Crippen LogP contribution >= 0.6 is 0 Å². The number of hydrogen-bond donors (Lipinski definition) is 0. The highest BCUT2D eigenvalue weighted by Crippen LogP contribution is 2.16. The van der Waals surface area contributed by atoms with Crippen LogP contribution in [-0.2, 0) is 9.53 Å². The van der Waals surface area contributed by atoms with Gasteiger partial charge in [0, 0.05) is 51.4 Å². The van der Waals surface area contributed by atoms with Gasteiger partial charge >= 0.3 is 6.09 Å². The summed E-state index contributed by atoms with van der Waals surface area (Å²) in [5.74, 6) is 0.121. The Bertz CT molecular complexity index is 541. The van der Waals surface area contributed by atoms with Crippen molar-refractivity contribution in [2.45, 2.75) is 12.8 Å². The monoisotopic (exact) mass is 317 g/mol. The smallest absolute Gasteiger partial charge is 0.409 e. The highest BCUT2D eigenvalue weighted by molar-refractivity contribution is 5.77. The van der Waals surface area contributed by atoms with Crippen molar-refractivity contribution in [3.8, 4) is 0 Å². The molecule has 0 spiro atoms. The SMILES string of the molecule is O=C(CCN1CCCOC1=O)N1CCN(c2ccccc2)CC1. The number of para-hydroxylation sites is 1. The maximum Gasteiger partial charge on any atom is 0.409 e. The van der Waals surface area contributed by atoms with Crippen molar-refractivity contribution in [2.75, 3.05) is 50.8 Å². The van der Waals surface area contributed by atoms with Crippen LogP contribution in [0.3, 0.4) is 0 Å². The van der Waals surface area contributed by atoms with Gasteiger partial charge in [-0.15, -0.1) is 0 Å². The first-order valence-corrected chi connectivity index (χ1v) is 8.23. The fraction of sp³-hybridized carbons (Fsp3) is 0.529. The third-order valence-electron chi connectivity index (χ3n) is 4.41. The van der Waals surface area contributed by atoms with Crippen LogP contribution in [-0.4, -0.2) is 67.7 Å². The van der Waals surface area contributed by atoms with Gasteiger partial charge in [-0.05, 0) is 18.6 Å². The summed E-state index contributed by atoms with van der Waals surface area (Å²) in [7, 11) is 0. The molecule has 6 nitrogen and oxygen atoms in total. The number of amides is 2. The van der Waals surface area contributed by atoms with Crippen LogP contribution in [0.4, 0.5) is 10.5 Å². The van der Waals surface area contributed by atoms with Crippen LogP contribution in [0.5, 0.6) is 0 Å². The van der Waals surface area contributed by atoms with Gasteiger partial charge in [-0.2, -0.15) is 0 Å². The number of benzene rings is 1. The second kappa shape index (κ2) is 7.35. The van der Waals surface area contributed by atoms with Gasteiger partial charge in [0.05, 0.1) is 6.61 Å². The molecule has 6 heteroatoms. The molecule has 23 heavy (non-hydrogen) atoms. The first-order chi connectivity index (χ1) is 11.2. The normalized spacial score (nSPS) is 18.8. The molecule has 2 aliphatic rings. The Balaban J connectivity index is 1.44. The van der Waals surface area contributed by atoms with Crippen LogP contribution < -0.4 is 4.90 Å². The van der Waals surface area contributed by atoms with E-state index in [1.165, 1.54) is 5.69 Å². The number of carbonyl (C=O) groups excluding carboxylic acids is 2. The molecule has 2 fully saturated rings. The van der Waals surface area contributed by atoms with E-state index >= 15 is 0 Å². The van der Waals surface area contributed by atoms with E-state index in [2.05, 4.69) is 17.0 Å². The summed E-state index contributed by atoms with van der Waals surface area (Å²) in [5.41, 5.74) is 1.20. The first-order valence-electron chi connectivity index (χ1n) is 8.23. The van der Waals surface area contributed by atoms with Crippen molar-refractivity contribution < 1.29 is 14.3 Å². The molecule has 0 aliphatic carbocycles. The lowest BCUT2D eigenvalue weighted by Crippen LogP contribution is -2.49. The molecule has 0 atom stereocenters. The predicted octanol–water partition coefficient (Wildman–Crippen LogP) is 1.57. The van der Waals surface area contributed by atoms with Crippen molar-refractivity contribution in [1.82, 2.24) is 9.80 Å². The summed E-state index contributed by atoms with van der Waals surface area (Å²) in [5, 5.41) is 0. The predicted molar refractivity (Wildman–Crippen MR) is 87.4 cm³/mol. The lowest BCUT2D eigenvalue weighted by Gasteiger charge is -2.36. The second-order valence-electron chi connectivity index (χ2n) is 5.91. The van der Waals surface area contributed by atoms with Gasteiger partial charge in [-0.3, -0.25) is 4.79 Å². The zero-order valence-electron chi connectivity index (χ0n) is 13.3. The van der Waals surface area contributed by atoms with Gasteiger partial charge < -0.3 is 19.4 Å². The van der Waals surface area contributed by atoms with Crippen LogP contribution in [0.25, 0.3) is 0 Å². The van der Waals surface area contributed by atoms with E-state index in [1.54, 1.807) is 4.90 Å². The average molecular weight is 317 g/mol. The molecule has 0 saturated carbocycles. The minimum absolute atomic E-state index is 0.121. The van der Waals surface area contributed by atoms with Crippen LogP contribution in [0.15, 0.2) is 30.3 Å². The number of cyclic esters (lactones) is 1. The number of nitrogens with zero attached hydrogens (tertiary/aromatic N) is 3. The molecule has 2 aliphatic heterocycles. The van der Waals surface area contributed by atoms with E-state index in [1.807, 2.05) is 23.1 Å². The number of piperazine rings is 1. The lowest BCUT2D eigenvalue weighted by atomic mass is 10.2. The van der Waals surface area contributed by atoms with Gasteiger partial charge in [0.1, 0.15) is 0 Å². The highest BCUT2D eigenvalue weighted by Gasteiger charge is 2.24. The largest absolute Gasteiger partial charge is 0.449 e. The zero-order chi connectivity index (χ0) is 16.1. The Morgan fingerprint density at radius 2 is 1.78 bits per heavy atom. The standard InChI is InChI=1S/C17H23N3O3/c21-16(7-9-20-8-4-14-23-17(20)22)19-12-10-18(11-13-19)15-5-2-1-3-6-15/h1-3,5-6H,4,7-14H2. The summed E-state index contributed by atoms with van der Waals surface area (Å²) in [6, 6.07) is 10.3. The maximum atomic E-state index is 12.3. The van der Waals surface area contributed by atoms with Crippen LogP contribution in [0, 0.1) is 0 Å². The number of rotatable bonds is 4. The van der Waals surface area contributed by atoms with Crippen molar-refractivity contribution in [3.63, 3.8) is 0 Å². The highest BCUT2D eigenvalue weighted by atomic mass is 16.6. The molecular weight excluding hydrogens is 294 g/mol. The maximum absolute atomic E-state index is 12.3. The molecule has 2 heterocycles. The van der Waals surface area contributed by atoms with E-state index in [9.17, 15) is 9.59 Å². The van der Waals surface area contributed by atoms with Gasteiger partial charge in [0.2, 0.25) is 5.91 Å². The zero-order valence-corrected chi connectivity index (χ0v) is 13.3. The molecular formula is C17H23N3O3. The molecule has 2 saturated heterocycles. The molecule has 0 unspecified atom stereocenters. The summed E-state index contributed by atoms with van der Waals surface area (Å²) in [6.45, 7) is 4.80.